The van der Waals surface area contributed by atoms with Gasteiger partial charge in [-0.2, -0.15) is 0 Å². The zero-order valence-corrected chi connectivity index (χ0v) is 17.1. The third-order valence-corrected chi connectivity index (χ3v) is 5.12. The van der Waals surface area contributed by atoms with Crippen LogP contribution in [0.25, 0.3) is 6.08 Å². The summed E-state index contributed by atoms with van der Waals surface area (Å²) in [6, 6.07) is 15.0. The molecule has 0 spiro atoms. The largest absolute Gasteiger partial charge is 0.465 e. The molecule has 0 N–H and O–H groups in total. The minimum atomic E-state index is -0.551. The van der Waals surface area contributed by atoms with Crippen LogP contribution in [0.3, 0.4) is 0 Å². The molecule has 4 nitrogen and oxygen atoms in total. The Labute approximate surface area is 170 Å². The van der Waals surface area contributed by atoms with Crippen LogP contribution in [0, 0.1) is 0 Å². The van der Waals surface area contributed by atoms with E-state index in [0.29, 0.717) is 27.9 Å². The molecule has 5 heteroatoms. The van der Waals surface area contributed by atoms with Crippen LogP contribution >= 0.6 is 11.6 Å². The quantitative estimate of drug-likeness (QED) is 0.518. The molecule has 0 atom stereocenters. The van der Waals surface area contributed by atoms with Gasteiger partial charge in [-0.1, -0.05) is 61.8 Å². The SMILES string of the molecule is COC(=O)C1=C(C)N(c2ccccc2Cl)C(=O)/C1=C\c1ccc(C(C)C)cc1. The summed E-state index contributed by atoms with van der Waals surface area (Å²) >= 11 is 6.30. The third kappa shape index (κ3) is 3.60. The third-order valence-electron chi connectivity index (χ3n) is 4.80. The highest BCUT2D eigenvalue weighted by Crippen LogP contribution is 2.38. The van der Waals surface area contributed by atoms with E-state index in [0.717, 1.165) is 5.56 Å². The Balaban J connectivity index is 2.11. The van der Waals surface area contributed by atoms with E-state index < -0.39 is 5.97 Å². The number of anilines is 1. The highest BCUT2D eigenvalue weighted by molar-refractivity contribution is 6.35. The number of nitrogens with zero attached hydrogens (tertiary/aromatic N) is 1. The van der Waals surface area contributed by atoms with Gasteiger partial charge < -0.3 is 4.74 Å². The fourth-order valence-electron chi connectivity index (χ4n) is 3.25. The zero-order valence-electron chi connectivity index (χ0n) is 16.3. The van der Waals surface area contributed by atoms with Crippen molar-refractivity contribution in [3.8, 4) is 0 Å². The fraction of sp³-hybridized carbons (Fsp3) is 0.217. The van der Waals surface area contributed by atoms with E-state index in [2.05, 4.69) is 13.8 Å². The molecule has 0 unspecified atom stereocenters. The predicted octanol–water partition coefficient (Wildman–Crippen LogP) is 5.34. The molecular weight excluding hydrogens is 374 g/mol. The van der Waals surface area contributed by atoms with E-state index in [-0.39, 0.29) is 11.5 Å². The van der Waals surface area contributed by atoms with E-state index in [1.54, 1.807) is 37.3 Å². The number of carbonyl (C=O) groups is 2. The summed E-state index contributed by atoms with van der Waals surface area (Å²) in [5, 5.41) is 0.432. The number of halogens is 1. The van der Waals surface area contributed by atoms with Gasteiger partial charge in [0.05, 0.1) is 29.0 Å². The number of amides is 1. The van der Waals surface area contributed by atoms with Crippen molar-refractivity contribution in [2.24, 2.45) is 0 Å². The standard InChI is InChI=1S/C23H22ClNO3/c1-14(2)17-11-9-16(10-12-17)13-18-21(23(27)28-4)15(3)25(22(18)26)20-8-6-5-7-19(20)24/h5-14H,1-4H3/b18-13-. The number of hydrogen-bond acceptors (Lipinski definition) is 3. The Morgan fingerprint density at radius 3 is 2.32 bits per heavy atom. The number of hydrogen-bond donors (Lipinski definition) is 0. The maximum atomic E-state index is 13.2. The van der Waals surface area contributed by atoms with Crippen LogP contribution in [0.4, 0.5) is 5.69 Å². The molecule has 0 radical (unpaired) electrons. The number of carbonyl (C=O) groups excluding carboxylic acids is 2. The molecule has 2 aromatic carbocycles. The van der Waals surface area contributed by atoms with Gasteiger partial charge in [0.2, 0.25) is 0 Å². The number of rotatable bonds is 4. The van der Waals surface area contributed by atoms with Crippen LogP contribution < -0.4 is 4.90 Å². The number of benzene rings is 2. The summed E-state index contributed by atoms with van der Waals surface area (Å²) in [5.41, 5.74) is 3.61. The van der Waals surface area contributed by atoms with Gasteiger partial charge in [0, 0.05) is 5.70 Å². The molecule has 0 saturated carbocycles. The average Bonchev–Trinajstić information content (AvgIpc) is 2.92. The molecule has 28 heavy (non-hydrogen) atoms. The number of ether oxygens (including phenoxy) is 1. The van der Waals surface area contributed by atoms with Crippen molar-refractivity contribution in [3.05, 3.63) is 81.5 Å². The van der Waals surface area contributed by atoms with Gasteiger partial charge in [0.1, 0.15) is 0 Å². The van der Waals surface area contributed by atoms with E-state index in [1.807, 2.05) is 24.3 Å². The minimum Gasteiger partial charge on any atom is -0.465 e. The molecule has 0 bridgehead atoms. The van der Waals surface area contributed by atoms with Crippen LogP contribution in [-0.4, -0.2) is 19.0 Å². The Morgan fingerprint density at radius 2 is 1.75 bits per heavy atom. The molecule has 1 aliphatic heterocycles. The van der Waals surface area contributed by atoms with Crippen LogP contribution in [0.1, 0.15) is 37.8 Å². The van der Waals surface area contributed by atoms with Crippen LogP contribution in [0.2, 0.25) is 5.02 Å². The average molecular weight is 396 g/mol. The molecule has 3 rings (SSSR count). The van der Waals surface area contributed by atoms with Gasteiger partial charge in [-0.15, -0.1) is 0 Å². The first-order valence-corrected chi connectivity index (χ1v) is 9.43. The second-order valence-electron chi connectivity index (χ2n) is 6.92. The lowest BCUT2D eigenvalue weighted by Gasteiger charge is -2.19. The molecular formula is C23H22ClNO3. The summed E-state index contributed by atoms with van der Waals surface area (Å²) in [4.78, 5) is 27.1. The first kappa shape index (κ1) is 19.9. The predicted molar refractivity (Wildman–Crippen MR) is 112 cm³/mol. The molecule has 1 aliphatic rings. The van der Waals surface area contributed by atoms with E-state index in [9.17, 15) is 9.59 Å². The highest BCUT2D eigenvalue weighted by Gasteiger charge is 2.38. The number of esters is 1. The van der Waals surface area contributed by atoms with Crippen molar-refractivity contribution < 1.29 is 14.3 Å². The first-order chi connectivity index (χ1) is 13.3. The molecule has 0 fully saturated rings. The van der Waals surface area contributed by atoms with Gasteiger partial charge in [0.15, 0.2) is 0 Å². The monoisotopic (exact) mass is 395 g/mol. The maximum Gasteiger partial charge on any atom is 0.340 e. The lowest BCUT2D eigenvalue weighted by molar-refractivity contribution is -0.136. The van der Waals surface area contributed by atoms with Crippen molar-refractivity contribution in [1.29, 1.82) is 0 Å². The summed E-state index contributed by atoms with van der Waals surface area (Å²) in [5.74, 6) is -0.442. The van der Waals surface area contributed by atoms with Gasteiger partial charge in [-0.3, -0.25) is 9.69 Å². The minimum absolute atomic E-state index is 0.250. The Hall–Kier alpha value is -2.85. The Morgan fingerprint density at radius 1 is 1.11 bits per heavy atom. The second kappa shape index (κ2) is 8.03. The van der Waals surface area contributed by atoms with Crippen LogP contribution in [-0.2, 0) is 14.3 Å². The zero-order chi connectivity index (χ0) is 20.4. The van der Waals surface area contributed by atoms with Crippen molar-refractivity contribution in [2.75, 3.05) is 12.0 Å². The summed E-state index contributed by atoms with van der Waals surface area (Å²) in [6.07, 6.45) is 1.72. The molecule has 2 aromatic rings. The van der Waals surface area contributed by atoms with Crippen molar-refractivity contribution >= 4 is 35.2 Å². The van der Waals surface area contributed by atoms with Crippen LogP contribution in [0.5, 0.6) is 0 Å². The molecule has 0 saturated heterocycles. The molecule has 0 aromatic heterocycles. The second-order valence-corrected chi connectivity index (χ2v) is 7.33. The molecule has 0 aliphatic carbocycles. The van der Waals surface area contributed by atoms with Gasteiger partial charge in [-0.05, 0) is 42.2 Å². The maximum absolute atomic E-state index is 13.2. The van der Waals surface area contributed by atoms with Gasteiger partial charge >= 0.3 is 5.97 Å². The smallest absolute Gasteiger partial charge is 0.340 e. The Bertz CT molecular complexity index is 987. The fourth-order valence-corrected chi connectivity index (χ4v) is 3.47. The first-order valence-electron chi connectivity index (χ1n) is 9.05. The number of methoxy groups -OCH3 is 1. The van der Waals surface area contributed by atoms with Crippen molar-refractivity contribution in [3.63, 3.8) is 0 Å². The summed E-state index contributed by atoms with van der Waals surface area (Å²) < 4.78 is 4.94. The van der Waals surface area contributed by atoms with Gasteiger partial charge in [-0.25, -0.2) is 4.79 Å². The number of para-hydroxylation sites is 1. The lowest BCUT2D eigenvalue weighted by atomic mass is 9.99. The summed E-state index contributed by atoms with van der Waals surface area (Å²) in [6.45, 7) is 5.96. The van der Waals surface area contributed by atoms with Crippen LogP contribution in [0.15, 0.2) is 65.4 Å². The molecule has 144 valence electrons. The molecule has 1 heterocycles. The highest BCUT2D eigenvalue weighted by atomic mass is 35.5. The summed E-state index contributed by atoms with van der Waals surface area (Å²) in [7, 11) is 1.31. The topological polar surface area (TPSA) is 46.6 Å². The molecule has 1 amide bonds. The van der Waals surface area contributed by atoms with E-state index in [4.69, 9.17) is 16.3 Å². The van der Waals surface area contributed by atoms with Crippen molar-refractivity contribution in [1.82, 2.24) is 0 Å². The van der Waals surface area contributed by atoms with E-state index >= 15 is 0 Å². The van der Waals surface area contributed by atoms with E-state index in [1.165, 1.54) is 17.6 Å². The Kier molecular flexibility index (Phi) is 5.71. The van der Waals surface area contributed by atoms with Gasteiger partial charge in [0.25, 0.3) is 5.91 Å². The van der Waals surface area contributed by atoms with Crippen molar-refractivity contribution in [2.45, 2.75) is 26.7 Å². The number of allylic oxidation sites excluding steroid dienone is 1. The normalized spacial score (nSPS) is 15.7. The lowest BCUT2D eigenvalue weighted by Crippen LogP contribution is -2.24.